The molecule has 0 aromatic carbocycles. The largest absolute Gasteiger partial charge is 0.255 e. The third-order valence-electron chi connectivity index (χ3n) is 1.05. The molecule has 0 N–H and O–H groups in total. The first kappa shape index (κ1) is 6.58. The molecule has 0 spiro atoms. The first-order valence-electron chi connectivity index (χ1n) is 2.80. The molecular formula is C6H6N4. The lowest BCUT2D eigenvalue weighted by atomic mass is 10.3. The molecule has 0 radical (unpaired) electrons. The quantitative estimate of drug-likeness (QED) is 0.330. The molecule has 1 aromatic rings. The lowest BCUT2D eigenvalue weighted by Crippen LogP contribution is -1.73. The zero-order chi connectivity index (χ0) is 7.40. The Kier molecular flexibility index (Phi) is 1.87. The summed E-state index contributed by atoms with van der Waals surface area (Å²) in [6, 6.07) is 3.57. The number of aromatic nitrogens is 1. The number of nitrogens with zero attached hydrogens (tertiary/aromatic N) is 4. The molecular weight excluding hydrogens is 128 g/mol. The van der Waals surface area contributed by atoms with Crippen molar-refractivity contribution in [1.82, 2.24) is 4.98 Å². The Morgan fingerprint density at radius 2 is 2.50 bits per heavy atom. The van der Waals surface area contributed by atoms with Crippen molar-refractivity contribution in [3.05, 3.63) is 34.3 Å². The van der Waals surface area contributed by atoms with Crippen molar-refractivity contribution >= 4 is 5.82 Å². The van der Waals surface area contributed by atoms with Crippen LogP contribution in [-0.2, 0) is 0 Å². The highest BCUT2D eigenvalue weighted by Gasteiger charge is 1.87. The fraction of sp³-hybridized carbons (Fsp3) is 0.167. The predicted octanol–water partition coefficient (Wildman–Crippen LogP) is 2.33. The van der Waals surface area contributed by atoms with Gasteiger partial charge in [-0.25, -0.2) is 0 Å². The Morgan fingerprint density at radius 3 is 3.10 bits per heavy atom. The molecule has 0 atom stereocenters. The second-order valence-corrected chi connectivity index (χ2v) is 1.88. The van der Waals surface area contributed by atoms with Gasteiger partial charge in [-0.1, -0.05) is 0 Å². The predicted molar refractivity (Wildman–Crippen MR) is 37.8 cm³/mol. The van der Waals surface area contributed by atoms with E-state index in [2.05, 4.69) is 15.0 Å². The van der Waals surface area contributed by atoms with E-state index in [9.17, 15) is 0 Å². The third-order valence-corrected chi connectivity index (χ3v) is 1.05. The van der Waals surface area contributed by atoms with Crippen LogP contribution in [-0.4, -0.2) is 4.98 Å². The standard InChI is InChI=1S/C6H6N4/c1-5-2-3-8-6(4-5)9-10-7/h2-4H,1H3. The Morgan fingerprint density at radius 1 is 1.70 bits per heavy atom. The Hall–Kier alpha value is -1.54. The van der Waals surface area contributed by atoms with E-state index in [0.717, 1.165) is 5.56 Å². The molecule has 50 valence electrons. The van der Waals surface area contributed by atoms with Crippen molar-refractivity contribution in [3.8, 4) is 0 Å². The summed E-state index contributed by atoms with van der Waals surface area (Å²) >= 11 is 0. The normalized spacial score (nSPS) is 8.50. The van der Waals surface area contributed by atoms with Gasteiger partial charge in [0, 0.05) is 11.1 Å². The van der Waals surface area contributed by atoms with Crippen LogP contribution in [0.2, 0.25) is 0 Å². The SMILES string of the molecule is Cc1ccnc(N=[N+]=[N-])c1. The minimum Gasteiger partial charge on any atom is -0.255 e. The molecule has 0 aliphatic rings. The average Bonchev–Trinajstić information content (AvgIpc) is 1.88. The Bertz CT molecular complexity index is 275. The van der Waals surface area contributed by atoms with Gasteiger partial charge in [-0.3, -0.25) is 4.98 Å². The fourth-order valence-electron chi connectivity index (χ4n) is 0.621. The zero-order valence-electron chi connectivity index (χ0n) is 5.52. The van der Waals surface area contributed by atoms with Gasteiger partial charge >= 0.3 is 0 Å². The first-order valence-corrected chi connectivity index (χ1v) is 2.80. The summed E-state index contributed by atoms with van der Waals surface area (Å²) in [7, 11) is 0. The van der Waals surface area contributed by atoms with Crippen LogP contribution in [0.4, 0.5) is 5.82 Å². The molecule has 4 heteroatoms. The molecule has 4 nitrogen and oxygen atoms in total. The van der Waals surface area contributed by atoms with Crippen LogP contribution in [0.3, 0.4) is 0 Å². The monoisotopic (exact) mass is 134 g/mol. The molecule has 0 unspecified atom stereocenters. The van der Waals surface area contributed by atoms with Gasteiger partial charge in [0.25, 0.3) is 0 Å². The van der Waals surface area contributed by atoms with Gasteiger partial charge in [0.2, 0.25) is 0 Å². The highest BCUT2D eigenvalue weighted by Crippen LogP contribution is 2.08. The average molecular weight is 134 g/mol. The van der Waals surface area contributed by atoms with Gasteiger partial charge in [-0.15, -0.1) is 0 Å². The van der Waals surface area contributed by atoms with Crippen molar-refractivity contribution in [1.29, 1.82) is 0 Å². The lowest BCUT2D eigenvalue weighted by Gasteiger charge is -1.90. The van der Waals surface area contributed by atoms with Gasteiger partial charge in [0.05, 0.1) is 0 Å². The van der Waals surface area contributed by atoms with Gasteiger partial charge in [0.15, 0.2) is 0 Å². The third kappa shape index (κ3) is 1.47. The molecule has 0 bridgehead atoms. The number of hydrogen-bond donors (Lipinski definition) is 0. The van der Waals surface area contributed by atoms with E-state index < -0.39 is 0 Å². The van der Waals surface area contributed by atoms with E-state index in [1.807, 2.05) is 13.0 Å². The summed E-state index contributed by atoms with van der Waals surface area (Å²) in [6.07, 6.45) is 1.61. The summed E-state index contributed by atoms with van der Waals surface area (Å²) in [5.74, 6) is 0.419. The zero-order valence-corrected chi connectivity index (χ0v) is 5.52. The second-order valence-electron chi connectivity index (χ2n) is 1.88. The molecule has 0 fully saturated rings. The molecule has 0 amide bonds. The van der Waals surface area contributed by atoms with Gasteiger partial charge in [-0.05, 0) is 35.3 Å². The van der Waals surface area contributed by atoms with Crippen LogP contribution in [0.5, 0.6) is 0 Å². The summed E-state index contributed by atoms with van der Waals surface area (Å²) in [5, 5.41) is 3.34. The van der Waals surface area contributed by atoms with Crippen molar-refractivity contribution < 1.29 is 0 Å². The number of hydrogen-bond acceptors (Lipinski definition) is 2. The van der Waals surface area contributed by atoms with E-state index in [4.69, 9.17) is 5.53 Å². The maximum atomic E-state index is 8.03. The van der Waals surface area contributed by atoms with Crippen molar-refractivity contribution in [2.75, 3.05) is 0 Å². The van der Waals surface area contributed by atoms with Crippen molar-refractivity contribution in [2.24, 2.45) is 5.11 Å². The Balaban J connectivity index is 3.06. The molecule has 0 aliphatic heterocycles. The molecule has 0 saturated heterocycles. The molecule has 1 aromatic heterocycles. The maximum absolute atomic E-state index is 8.03. The smallest absolute Gasteiger partial charge is 0.126 e. The number of rotatable bonds is 1. The summed E-state index contributed by atoms with van der Waals surface area (Å²) < 4.78 is 0. The molecule has 10 heavy (non-hydrogen) atoms. The van der Waals surface area contributed by atoms with Gasteiger partial charge in [-0.2, -0.15) is 0 Å². The Labute approximate surface area is 58.1 Å². The van der Waals surface area contributed by atoms with Crippen LogP contribution < -0.4 is 0 Å². The van der Waals surface area contributed by atoms with Crippen LogP contribution in [0.25, 0.3) is 10.4 Å². The fourth-order valence-corrected chi connectivity index (χ4v) is 0.621. The molecule has 0 aliphatic carbocycles. The van der Waals surface area contributed by atoms with E-state index >= 15 is 0 Å². The molecule has 1 rings (SSSR count). The van der Waals surface area contributed by atoms with E-state index in [-0.39, 0.29) is 0 Å². The number of azide groups is 1. The van der Waals surface area contributed by atoms with E-state index in [0.29, 0.717) is 5.82 Å². The number of aryl methyl sites for hydroxylation is 1. The van der Waals surface area contributed by atoms with Crippen molar-refractivity contribution in [3.63, 3.8) is 0 Å². The molecule has 1 heterocycles. The van der Waals surface area contributed by atoms with Crippen LogP contribution in [0, 0.1) is 6.92 Å². The van der Waals surface area contributed by atoms with E-state index in [1.165, 1.54) is 0 Å². The minimum atomic E-state index is 0.419. The summed E-state index contributed by atoms with van der Waals surface area (Å²) in [5.41, 5.74) is 9.07. The topological polar surface area (TPSA) is 61.7 Å². The summed E-state index contributed by atoms with van der Waals surface area (Å²) in [6.45, 7) is 1.91. The summed E-state index contributed by atoms with van der Waals surface area (Å²) in [4.78, 5) is 6.42. The first-order chi connectivity index (χ1) is 4.83. The molecule has 0 saturated carbocycles. The van der Waals surface area contributed by atoms with Gasteiger partial charge < -0.3 is 0 Å². The second kappa shape index (κ2) is 2.85. The van der Waals surface area contributed by atoms with Gasteiger partial charge in [0.1, 0.15) is 5.82 Å². The maximum Gasteiger partial charge on any atom is 0.126 e. The van der Waals surface area contributed by atoms with E-state index in [1.54, 1.807) is 12.3 Å². The number of pyridine rings is 1. The lowest BCUT2D eigenvalue weighted by molar-refractivity contribution is 1.23. The van der Waals surface area contributed by atoms with Crippen molar-refractivity contribution in [2.45, 2.75) is 6.92 Å². The minimum absolute atomic E-state index is 0.419. The van der Waals surface area contributed by atoms with Crippen LogP contribution in [0.1, 0.15) is 5.56 Å². The highest BCUT2D eigenvalue weighted by atomic mass is 15.2. The van der Waals surface area contributed by atoms with Crippen LogP contribution in [0.15, 0.2) is 23.4 Å². The highest BCUT2D eigenvalue weighted by molar-refractivity contribution is 5.29. The van der Waals surface area contributed by atoms with Crippen LogP contribution >= 0.6 is 0 Å².